The Morgan fingerprint density at radius 3 is 2.53 bits per heavy atom. The minimum Gasteiger partial charge on any atom is -0.489 e. The SMILES string of the molecule is CCOC(=O)C1CCN(C2=NC(=O)/C(=C/c3ccc(OCc4ccccc4)cc3)S2)CC1. The summed E-state index contributed by atoms with van der Waals surface area (Å²) < 4.78 is 10.9. The molecule has 1 saturated heterocycles. The molecule has 2 aliphatic rings. The summed E-state index contributed by atoms with van der Waals surface area (Å²) in [7, 11) is 0. The van der Waals surface area contributed by atoms with Crippen molar-refractivity contribution in [3.63, 3.8) is 0 Å². The Balaban J connectivity index is 1.31. The van der Waals surface area contributed by atoms with Crippen molar-refractivity contribution >= 4 is 34.9 Å². The first-order chi connectivity index (χ1) is 15.6. The fourth-order valence-electron chi connectivity index (χ4n) is 3.65. The van der Waals surface area contributed by atoms with E-state index >= 15 is 0 Å². The number of esters is 1. The van der Waals surface area contributed by atoms with Crippen LogP contribution in [0.25, 0.3) is 6.08 Å². The lowest BCUT2D eigenvalue weighted by Crippen LogP contribution is -2.39. The molecule has 2 heterocycles. The summed E-state index contributed by atoms with van der Waals surface area (Å²) in [5.74, 6) is 0.372. The number of aliphatic imine (C=N–C) groups is 1. The summed E-state index contributed by atoms with van der Waals surface area (Å²) in [5, 5.41) is 0.714. The molecule has 6 nitrogen and oxygen atoms in total. The van der Waals surface area contributed by atoms with Crippen molar-refractivity contribution in [2.24, 2.45) is 10.9 Å². The number of benzene rings is 2. The van der Waals surface area contributed by atoms with Crippen molar-refractivity contribution in [3.8, 4) is 5.75 Å². The molecule has 2 aromatic rings. The number of hydrogen-bond acceptors (Lipinski definition) is 6. The smallest absolute Gasteiger partial charge is 0.309 e. The standard InChI is InChI=1S/C25H26N2O4S/c1-2-30-24(29)20-12-14-27(15-13-20)25-26-23(28)22(32-25)16-18-8-10-21(11-9-18)31-17-19-6-4-3-5-7-19/h3-11,16,20H,2,12-15,17H2,1H3/b22-16-. The Hall–Kier alpha value is -3.06. The van der Waals surface area contributed by atoms with Gasteiger partial charge >= 0.3 is 5.97 Å². The van der Waals surface area contributed by atoms with E-state index in [4.69, 9.17) is 9.47 Å². The summed E-state index contributed by atoms with van der Waals surface area (Å²) in [5.41, 5.74) is 2.04. The van der Waals surface area contributed by atoms with Crippen molar-refractivity contribution in [1.29, 1.82) is 0 Å². The average molecular weight is 451 g/mol. The largest absolute Gasteiger partial charge is 0.489 e. The quantitative estimate of drug-likeness (QED) is 0.476. The summed E-state index contributed by atoms with van der Waals surface area (Å²) in [6.07, 6.45) is 3.29. The molecule has 1 fully saturated rings. The number of hydrogen-bond donors (Lipinski definition) is 0. The molecule has 1 amide bonds. The lowest BCUT2D eigenvalue weighted by molar-refractivity contribution is -0.149. The number of amides is 1. The number of nitrogens with zero attached hydrogens (tertiary/aromatic N) is 2. The minimum absolute atomic E-state index is 0.0634. The average Bonchev–Trinajstić information content (AvgIpc) is 3.19. The lowest BCUT2D eigenvalue weighted by Gasteiger charge is -2.31. The van der Waals surface area contributed by atoms with E-state index in [0.29, 0.717) is 36.4 Å². The van der Waals surface area contributed by atoms with Crippen LogP contribution in [-0.2, 0) is 20.9 Å². The molecule has 0 radical (unpaired) electrons. The third kappa shape index (κ3) is 5.59. The molecular weight excluding hydrogens is 424 g/mol. The van der Waals surface area contributed by atoms with Gasteiger partial charge in [-0.1, -0.05) is 42.5 Å². The van der Waals surface area contributed by atoms with E-state index in [0.717, 1.165) is 29.7 Å². The Morgan fingerprint density at radius 2 is 1.84 bits per heavy atom. The third-order valence-electron chi connectivity index (χ3n) is 5.42. The maximum Gasteiger partial charge on any atom is 0.309 e. The fourth-order valence-corrected chi connectivity index (χ4v) is 4.62. The molecule has 0 spiro atoms. The number of carbonyl (C=O) groups is 2. The molecule has 0 N–H and O–H groups in total. The van der Waals surface area contributed by atoms with Gasteiger partial charge in [-0.05, 0) is 60.9 Å². The van der Waals surface area contributed by atoms with E-state index in [-0.39, 0.29) is 17.8 Å². The van der Waals surface area contributed by atoms with Gasteiger partial charge in [-0.15, -0.1) is 0 Å². The normalized spacial score (nSPS) is 18.0. The molecule has 0 unspecified atom stereocenters. The van der Waals surface area contributed by atoms with Crippen molar-refractivity contribution in [3.05, 3.63) is 70.6 Å². The predicted molar refractivity (Wildman–Crippen MR) is 126 cm³/mol. The second-order valence-corrected chi connectivity index (χ2v) is 8.68. The molecular formula is C25H26N2O4S. The Bertz CT molecular complexity index is 1010. The first kappa shape index (κ1) is 22.1. The monoisotopic (exact) mass is 450 g/mol. The van der Waals surface area contributed by atoms with Crippen molar-refractivity contribution in [2.45, 2.75) is 26.4 Å². The van der Waals surface area contributed by atoms with Crippen LogP contribution in [-0.4, -0.2) is 41.6 Å². The molecule has 2 aliphatic heterocycles. The number of thioether (sulfide) groups is 1. The molecule has 2 aromatic carbocycles. The molecule has 166 valence electrons. The molecule has 0 bridgehead atoms. The number of ether oxygens (including phenoxy) is 2. The second-order valence-electron chi connectivity index (χ2n) is 7.67. The lowest BCUT2D eigenvalue weighted by atomic mass is 9.97. The number of piperidine rings is 1. The predicted octanol–water partition coefficient (Wildman–Crippen LogP) is 4.51. The van der Waals surface area contributed by atoms with Crippen LogP contribution in [0.1, 0.15) is 30.9 Å². The van der Waals surface area contributed by atoms with Gasteiger partial charge in [-0.2, -0.15) is 4.99 Å². The van der Waals surface area contributed by atoms with Gasteiger partial charge in [-0.3, -0.25) is 9.59 Å². The number of amidine groups is 1. The number of likely N-dealkylation sites (tertiary alicyclic amines) is 1. The van der Waals surface area contributed by atoms with Crippen LogP contribution in [0.3, 0.4) is 0 Å². The molecule has 0 aromatic heterocycles. The zero-order valence-electron chi connectivity index (χ0n) is 18.0. The van der Waals surface area contributed by atoms with Gasteiger partial charge in [0.1, 0.15) is 12.4 Å². The van der Waals surface area contributed by atoms with Crippen LogP contribution in [0.4, 0.5) is 0 Å². The molecule has 32 heavy (non-hydrogen) atoms. The van der Waals surface area contributed by atoms with Crippen LogP contribution in [0.15, 0.2) is 64.5 Å². The molecule has 0 aliphatic carbocycles. The first-order valence-corrected chi connectivity index (χ1v) is 11.6. The van der Waals surface area contributed by atoms with E-state index in [2.05, 4.69) is 9.89 Å². The highest BCUT2D eigenvalue weighted by Gasteiger charge is 2.31. The minimum atomic E-state index is -0.220. The van der Waals surface area contributed by atoms with Gasteiger partial charge in [-0.25, -0.2) is 0 Å². The highest BCUT2D eigenvalue weighted by Crippen LogP contribution is 2.32. The van der Waals surface area contributed by atoms with E-state index < -0.39 is 0 Å². The van der Waals surface area contributed by atoms with Gasteiger partial charge in [0.15, 0.2) is 5.17 Å². The van der Waals surface area contributed by atoms with Gasteiger partial charge < -0.3 is 14.4 Å². The maximum absolute atomic E-state index is 12.4. The van der Waals surface area contributed by atoms with E-state index in [1.165, 1.54) is 11.8 Å². The highest BCUT2D eigenvalue weighted by atomic mass is 32.2. The van der Waals surface area contributed by atoms with E-state index in [9.17, 15) is 9.59 Å². The fraction of sp³-hybridized carbons (Fsp3) is 0.320. The Morgan fingerprint density at radius 1 is 1.12 bits per heavy atom. The Labute approximate surface area is 192 Å². The van der Waals surface area contributed by atoms with Crippen LogP contribution in [0, 0.1) is 5.92 Å². The van der Waals surface area contributed by atoms with Crippen LogP contribution < -0.4 is 4.74 Å². The summed E-state index contributed by atoms with van der Waals surface area (Å²) in [4.78, 5) is 31.3. The molecule has 0 saturated carbocycles. The first-order valence-electron chi connectivity index (χ1n) is 10.8. The topological polar surface area (TPSA) is 68.2 Å². The Kier molecular flexibility index (Phi) is 7.27. The molecule has 0 atom stereocenters. The molecule has 7 heteroatoms. The van der Waals surface area contributed by atoms with Crippen molar-refractivity contribution in [2.75, 3.05) is 19.7 Å². The summed E-state index contributed by atoms with van der Waals surface area (Å²) in [6, 6.07) is 17.7. The van der Waals surface area contributed by atoms with E-state index in [1.54, 1.807) is 0 Å². The molecule has 4 rings (SSSR count). The summed E-state index contributed by atoms with van der Waals surface area (Å²) in [6.45, 7) is 4.14. The zero-order chi connectivity index (χ0) is 22.3. The second kappa shape index (κ2) is 10.5. The van der Waals surface area contributed by atoms with Gasteiger partial charge in [0.05, 0.1) is 17.4 Å². The van der Waals surface area contributed by atoms with Gasteiger partial charge in [0, 0.05) is 13.1 Å². The number of rotatable bonds is 6. The maximum atomic E-state index is 12.4. The van der Waals surface area contributed by atoms with Gasteiger partial charge in [0.2, 0.25) is 0 Å². The third-order valence-corrected chi connectivity index (χ3v) is 6.47. The van der Waals surface area contributed by atoms with Crippen LogP contribution in [0.2, 0.25) is 0 Å². The highest BCUT2D eigenvalue weighted by molar-refractivity contribution is 8.18. The summed E-state index contributed by atoms with van der Waals surface area (Å²) >= 11 is 1.39. The zero-order valence-corrected chi connectivity index (χ0v) is 18.8. The van der Waals surface area contributed by atoms with E-state index in [1.807, 2.05) is 67.6 Å². The van der Waals surface area contributed by atoms with Crippen molar-refractivity contribution in [1.82, 2.24) is 4.90 Å². The van der Waals surface area contributed by atoms with Crippen LogP contribution in [0.5, 0.6) is 5.75 Å². The van der Waals surface area contributed by atoms with Gasteiger partial charge in [0.25, 0.3) is 5.91 Å². The number of carbonyl (C=O) groups excluding carboxylic acids is 2. The van der Waals surface area contributed by atoms with Crippen molar-refractivity contribution < 1.29 is 19.1 Å². The van der Waals surface area contributed by atoms with Crippen LogP contribution >= 0.6 is 11.8 Å².